The van der Waals surface area contributed by atoms with Crippen molar-refractivity contribution in [2.45, 2.75) is 25.8 Å². The van der Waals surface area contributed by atoms with Gasteiger partial charge in [0.1, 0.15) is 5.82 Å². The van der Waals surface area contributed by atoms with Crippen LogP contribution in [0.2, 0.25) is 0 Å². The highest BCUT2D eigenvalue weighted by Crippen LogP contribution is 2.34. The first-order chi connectivity index (χ1) is 8.97. The van der Waals surface area contributed by atoms with Crippen LogP contribution >= 0.6 is 0 Å². The van der Waals surface area contributed by atoms with E-state index in [1.165, 1.54) is 31.0 Å². The molecule has 0 aromatic heterocycles. The van der Waals surface area contributed by atoms with Crippen molar-refractivity contribution in [3.8, 4) is 0 Å². The quantitative estimate of drug-likeness (QED) is 0.801. The Balaban J connectivity index is 1.89. The minimum Gasteiger partial charge on any atom is -0.397 e. The number of nitrogen functional groups attached to an aromatic ring is 1. The first-order valence-electron chi connectivity index (χ1n) is 6.52. The molecule has 0 radical (unpaired) electrons. The van der Waals surface area contributed by atoms with E-state index < -0.39 is 5.82 Å². The Hall–Kier alpha value is -1.62. The number of nitrogens with one attached hydrogen (secondary N) is 1. The number of carbonyl (C=O) groups is 1. The van der Waals surface area contributed by atoms with E-state index in [2.05, 4.69) is 12.2 Å². The second-order valence-electron chi connectivity index (χ2n) is 5.27. The highest BCUT2D eigenvalue weighted by atomic mass is 19.1. The van der Waals surface area contributed by atoms with E-state index in [0.29, 0.717) is 24.2 Å². The number of likely N-dealkylation sites (N-methyl/N-ethyl adjacent to an activating group) is 1. The van der Waals surface area contributed by atoms with E-state index in [1.54, 1.807) is 0 Å². The minimum absolute atomic E-state index is 0.131. The Labute approximate surface area is 112 Å². The van der Waals surface area contributed by atoms with E-state index in [9.17, 15) is 9.18 Å². The van der Waals surface area contributed by atoms with E-state index in [-0.39, 0.29) is 11.6 Å². The first-order valence-corrected chi connectivity index (χ1v) is 6.52. The van der Waals surface area contributed by atoms with Crippen molar-refractivity contribution in [2.75, 3.05) is 24.6 Å². The molecule has 0 aliphatic heterocycles. The summed E-state index contributed by atoms with van der Waals surface area (Å²) >= 11 is 0. The molecule has 104 valence electrons. The maximum Gasteiger partial charge on any atom is 0.238 e. The van der Waals surface area contributed by atoms with Gasteiger partial charge < -0.3 is 11.1 Å². The molecule has 1 atom stereocenters. The molecule has 0 bridgehead atoms. The van der Waals surface area contributed by atoms with Crippen LogP contribution in [0.4, 0.5) is 15.8 Å². The third-order valence-corrected chi connectivity index (χ3v) is 3.68. The van der Waals surface area contributed by atoms with Crippen LogP contribution in [0.3, 0.4) is 0 Å². The summed E-state index contributed by atoms with van der Waals surface area (Å²) in [5, 5.41) is 2.71. The van der Waals surface area contributed by atoms with Crippen molar-refractivity contribution in [1.82, 2.24) is 4.90 Å². The van der Waals surface area contributed by atoms with Gasteiger partial charge in [0, 0.05) is 6.04 Å². The zero-order valence-electron chi connectivity index (χ0n) is 11.3. The van der Waals surface area contributed by atoms with E-state index in [4.69, 9.17) is 5.73 Å². The summed E-state index contributed by atoms with van der Waals surface area (Å²) in [5.74, 6) is 0.178. The average molecular weight is 265 g/mol. The van der Waals surface area contributed by atoms with E-state index >= 15 is 0 Å². The van der Waals surface area contributed by atoms with Gasteiger partial charge in [-0.1, -0.05) is 0 Å². The van der Waals surface area contributed by atoms with Crippen molar-refractivity contribution in [3.63, 3.8) is 0 Å². The standard InChI is InChI=1S/C14H20FN3O/c1-9(10-3-4-10)18(2)8-14(19)17-13-6-5-11(15)7-12(13)16/h5-7,9-10H,3-4,8,16H2,1-2H3,(H,17,19). The lowest BCUT2D eigenvalue weighted by Crippen LogP contribution is -2.37. The summed E-state index contributed by atoms with van der Waals surface area (Å²) in [5.41, 5.74) is 6.35. The molecule has 1 unspecified atom stereocenters. The molecule has 19 heavy (non-hydrogen) atoms. The Bertz CT molecular complexity index is 474. The third-order valence-electron chi connectivity index (χ3n) is 3.68. The number of halogens is 1. The molecular weight excluding hydrogens is 245 g/mol. The van der Waals surface area contributed by atoms with Gasteiger partial charge in [-0.3, -0.25) is 9.69 Å². The summed E-state index contributed by atoms with van der Waals surface area (Å²) in [6, 6.07) is 4.37. The number of hydrogen-bond acceptors (Lipinski definition) is 3. The van der Waals surface area contributed by atoms with Crippen molar-refractivity contribution in [1.29, 1.82) is 0 Å². The predicted octanol–water partition coefficient (Wildman–Crippen LogP) is 2.08. The average Bonchev–Trinajstić information content (AvgIpc) is 3.15. The van der Waals surface area contributed by atoms with Crippen LogP contribution in [-0.2, 0) is 4.79 Å². The Morgan fingerprint density at radius 3 is 2.84 bits per heavy atom. The Kier molecular flexibility index (Phi) is 4.04. The highest BCUT2D eigenvalue weighted by Gasteiger charge is 2.30. The maximum absolute atomic E-state index is 12.9. The lowest BCUT2D eigenvalue weighted by Gasteiger charge is -2.23. The number of nitrogens with two attached hydrogens (primary N) is 1. The highest BCUT2D eigenvalue weighted by molar-refractivity contribution is 5.95. The fourth-order valence-corrected chi connectivity index (χ4v) is 2.15. The van der Waals surface area contributed by atoms with Crippen LogP contribution in [0.25, 0.3) is 0 Å². The largest absolute Gasteiger partial charge is 0.397 e. The topological polar surface area (TPSA) is 58.4 Å². The van der Waals surface area contributed by atoms with Gasteiger partial charge in [-0.25, -0.2) is 4.39 Å². The molecule has 1 aromatic carbocycles. The second-order valence-corrected chi connectivity index (χ2v) is 5.27. The molecule has 1 aliphatic rings. The number of benzene rings is 1. The minimum atomic E-state index is -0.407. The summed E-state index contributed by atoms with van der Waals surface area (Å²) in [6.45, 7) is 2.45. The summed E-state index contributed by atoms with van der Waals surface area (Å²) in [6.07, 6.45) is 2.50. The molecular formula is C14H20FN3O. The molecule has 2 rings (SSSR count). The molecule has 4 nitrogen and oxygen atoms in total. The molecule has 0 spiro atoms. The molecule has 1 saturated carbocycles. The monoisotopic (exact) mass is 265 g/mol. The fourth-order valence-electron chi connectivity index (χ4n) is 2.15. The zero-order valence-corrected chi connectivity index (χ0v) is 11.3. The summed E-state index contributed by atoms with van der Waals surface area (Å²) in [4.78, 5) is 13.9. The number of amides is 1. The predicted molar refractivity (Wildman–Crippen MR) is 74.3 cm³/mol. The molecule has 3 N–H and O–H groups in total. The van der Waals surface area contributed by atoms with Crippen LogP contribution in [0.5, 0.6) is 0 Å². The van der Waals surface area contributed by atoms with Gasteiger partial charge in [-0.05, 0) is 50.9 Å². The van der Waals surface area contributed by atoms with Crippen LogP contribution in [0.15, 0.2) is 18.2 Å². The van der Waals surface area contributed by atoms with Crippen molar-refractivity contribution >= 4 is 17.3 Å². The molecule has 1 aliphatic carbocycles. The van der Waals surface area contributed by atoms with Gasteiger partial charge in [0.25, 0.3) is 0 Å². The van der Waals surface area contributed by atoms with Gasteiger partial charge >= 0.3 is 0 Å². The summed E-state index contributed by atoms with van der Waals surface area (Å²) in [7, 11) is 1.94. The molecule has 0 heterocycles. The van der Waals surface area contributed by atoms with Crippen molar-refractivity contribution in [2.24, 2.45) is 5.92 Å². The number of carbonyl (C=O) groups excluding carboxylic acids is 1. The van der Waals surface area contributed by atoms with E-state index in [1.807, 2.05) is 11.9 Å². The smallest absolute Gasteiger partial charge is 0.238 e. The summed E-state index contributed by atoms with van der Waals surface area (Å²) < 4.78 is 12.9. The number of anilines is 2. The molecule has 1 aromatic rings. The Morgan fingerprint density at radius 1 is 1.58 bits per heavy atom. The van der Waals surface area contributed by atoms with Gasteiger partial charge in [-0.15, -0.1) is 0 Å². The SMILES string of the molecule is CC(C1CC1)N(C)CC(=O)Nc1ccc(F)cc1N. The third kappa shape index (κ3) is 3.67. The van der Waals surface area contributed by atoms with Crippen LogP contribution in [-0.4, -0.2) is 30.4 Å². The maximum atomic E-state index is 12.9. The number of nitrogens with zero attached hydrogens (tertiary/aromatic N) is 1. The Morgan fingerprint density at radius 2 is 2.26 bits per heavy atom. The number of rotatable bonds is 5. The van der Waals surface area contributed by atoms with Gasteiger partial charge in [0.05, 0.1) is 17.9 Å². The number of hydrogen-bond donors (Lipinski definition) is 2. The second kappa shape index (κ2) is 5.57. The van der Waals surface area contributed by atoms with Crippen LogP contribution < -0.4 is 11.1 Å². The fraction of sp³-hybridized carbons (Fsp3) is 0.500. The normalized spacial score (nSPS) is 16.4. The molecule has 0 saturated heterocycles. The van der Waals surface area contributed by atoms with Gasteiger partial charge in [0.2, 0.25) is 5.91 Å². The van der Waals surface area contributed by atoms with E-state index in [0.717, 1.165) is 0 Å². The lowest BCUT2D eigenvalue weighted by molar-refractivity contribution is -0.117. The molecule has 5 heteroatoms. The molecule has 1 fully saturated rings. The lowest BCUT2D eigenvalue weighted by atomic mass is 10.2. The first kappa shape index (κ1) is 13.8. The van der Waals surface area contributed by atoms with Crippen molar-refractivity contribution < 1.29 is 9.18 Å². The van der Waals surface area contributed by atoms with Gasteiger partial charge in [0.15, 0.2) is 0 Å². The van der Waals surface area contributed by atoms with Crippen molar-refractivity contribution in [3.05, 3.63) is 24.0 Å². The zero-order chi connectivity index (χ0) is 14.0. The molecule has 1 amide bonds. The van der Waals surface area contributed by atoms with Crippen LogP contribution in [0.1, 0.15) is 19.8 Å². The van der Waals surface area contributed by atoms with Crippen LogP contribution in [0, 0.1) is 11.7 Å². The van der Waals surface area contributed by atoms with Gasteiger partial charge in [-0.2, -0.15) is 0 Å².